The lowest BCUT2D eigenvalue weighted by atomic mass is 9.76. The van der Waals surface area contributed by atoms with Gasteiger partial charge in [0.05, 0.1) is 29.1 Å². The van der Waals surface area contributed by atoms with Crippen molar-refractivity contribution in [3.8, 4) is 0 Å². The van der Waals surface area contributed by atoms with Gasteiger partial charge < -0.3 is 5.32 Å². The number of carbonyl (C=O) groups is 3. The Balaban J connectivity index is 1.61. The summed E-state index contributed by atoms with van der Waals surface area (Å²) in [6.07, 6.45) is 0. The van der Waals surface area contributed by atoms with Crippen molar-refractivity contribution in [2.45, 2.75) is 32.0 Å². The molecule has 0 aromatic heterocycles. The third-order valence-corrected chi connectivity index (χ3v) is 7.01. The highest BCUT2D eigenvalue weighted by atomic mass is 35.5. The van der Waals surface area contributed by atoms with Crippen molar-refractivity contribution in [3.63, 3.8) is 0 Å². The second-order valence-electron chi connectivity index (χ2n) is 8.73. The van der Waals surface area contributed by atoms with Crippen LogP contribution in [-0.2, 0) is 26.5 Å². The number of imide groups is 1. The van der Waals surface area contributed by atoms with Gasteiger partial charge in [0.25, 0.3) is 0 Å². The van der Waals surface area contributed by atoms with E-state index in [1.54, 1.807) is 30.3 Å². The van der Waals surface area contributed by atoms with Gasteiger partial charge >= 0.3 is 0 Å². The Morgan fingerprint density at radius 1 is 1.10 bits per heavy atom. The number of likely N-dealkylation sites (tertiary alicyclic amines) is 1. The zero-order valence-electron chi connectivity index (χ0n) is 17.0. The molecule has 0 saturated carbocycles. The molecule has 3 amide bonds. The fourth-order valence-corrected chi connectivity index (χ4v) is 5.51. The smallest absolute Gasteiger partial charge is 0.250 e. The summed E-state index contributed by atoms with van der Waals surface area (Å²) in [5.74, 6) is -3.04. The maximum absolute atomic E-state index is 13.6. The predicted octanol–water partition coefficient (Wildman–Crippen LogP) is 3.06. The number of para-hydroxylation sites is 1. The number of nitrogens with zero attached hydrogens (tertiary/aromatic N) is 1. The largest absolute Gasteiger partial charge is 0.323 e. The summed E-state index contributed by atoms with van der Waals surface area (Å²) in [5, 5.41) is 6.57. The van der Waals surface area contributed by atoms with Crippen molar-refractivity contribution in [2.24, 2.45) is 17.8 Å². The molecule has 3 aliphatic rings. The fraction of sp³-hybridized carbons (Fsp3) is 0.348. The summed E-state index contributed by atoms with van der Waals surface area (Å²) >= 11 is 6.32. The van der Waals surface area contributed by atoms with Crippen LogP contribution >= 0.6 is 11.6 Å². The predicted molar refractivity (Wildman–Crippen MR) is 112 cm³/mol. The normalized spacial score (nSPS) is 29.1. The topological polar surface area (TPSA) is 78.5 Å². The molecule has 5 rings (SSSR count). The van der Waals surface area contributed by atoms with Crippen LogP contribution in [0.1, 0.15) is 25.0 Å². The molecule has 3 aliphatic heterocycles. The van der Waals surface area contributed by atoms with Crippen molar-refractivity contribution in [3.05, 3.63) is 64.4 Å². The number of hydrogen-bond acceptors (Lipinski definition) is 4. The Bertz CT molecular complexity index is 1120. The van der Waals surface area contributed by atoms with Crippen LogP contribution < -0.4 is 10.6 Å². The van der Waals surface area contributed by atoms with Crippen LogP contribution in [-0.4, -0.2) is 28.7 Å². The first-order valence-electron chi connectivity index (χ1n) is 10.2. The Labute approximate surface area is 183 Å². The molecule has 31 heavy (non-hydrogen) atoms. The molecule has 0 bridgehead atoms. The Morgan fingerprint density at radius 2 is 1.81 bits per heavy atom. The third-order valence-electron chi connectivity index (χ3n) is 6.70. The standard InChI is InChI=1S/C23H21ClFN3O3/c1-11(2)18-16-17(21(30)28(20(16)29)10-12-6-8-13(25)9-7-12)23(27-18)14-4-3-5-15(24)19(14)26-22(23)31/h3-9,11,16-18,27H,10H2,1-2H3,(H,26,31)/t16-,17+,18-,23+/m0/s1. The van der Waals surface area contributed by atoms with E-state index in [9.17, 15) is 18.8 Å². The highest BCUT2D eigenvalue weighted by Gasteiger charge is 2.70. The van der Waals surface area contributed by atoms with E-state index in [0.29, 0.717) is 21.8 Å². The number of rotatable bonds is 3. The maximum atomic E-state index is 13.6. The summed E-state index contributed by atoms with van der Waals surface area (Å²) in [6.45, 7) is 3.95. The highest BCUT2D eigenvalue weighted by Crippen LogP contribution is 2.55. The lowest BCUT2D eigenvalue weighted by Crippen LogP contribution is -2.53. The van der Waals surface area contributed by atoms with Crippen molar-refractivity contribution >= 4 is 35.0 Å². The van der Waals surface area contributed by atoms with Crippen LogP contribution in [0.5, 0.6) is 0 Å². The van der Waals surface area contributed by atoms with Crippen LogP contribution in [0.15, 0.2) is 42.5 Å². The molecule has 3 heterocycles. The van der Waals surface area contributed by atoms with Crippen LogP contribution in [0.2, 0.25) is 5.02 Å². The molecule has 2 fully saturated rings. The number of anilines is 1. The summed E-state index contributed by atoms with van der Waals surface area (Å²) in [4.78, 5) is 41.6. The van der Waals surface area contributed by atoms with E-state index in [2.05, 4.69) is 10.6 Å². The lowest BCUT2D eigenvalue weighted by molar-refractivity contribution is -0.143. The van der Waals surface area contributed by atoms with Gasteiger partial charge in [-0.2, -0.15) is 0 Å². The van der Waals surface area contributed by atoms with E-state index in [-0.39, 0.29) is 36.1 Å². The van der Waals surface area contributed by atoms with E-state index in [1.807, 2.05) is 13.8 Å². The average Bonchev–Trinajstić information content (AvgIpc) is 3.32. The number of carbonyl (C=O) groups excluding carboxylic acids is 3. The van der Waals surface area contributed by atoms with Crippen molar-refractivity contribution in [1.29, 1.82) is 0 Å². The minimum Gasteiger partial charge on any atom is -0.323 e. The van der Waals surface area contributed by atoms with Gasteiger partial charge in [0.2, 0.25) is 17.7 Å². The molecule has 2 aromatic rings. The minimum atomic E-state index is -1.36. The van der Waals surface area contributed by atoms with Gasteiger partial charge in [-0.15, -0.1) is 0 Å². The molecule has 2 aromatic carbocycles. The van der Waals surface area contributed by atoms with Gasteiger partial charge in [0.1, 0.15) is 11.4 Å². The first-order valence-corrected chi connectivity index (χ1v) is 10.6. The Kier molecular flexibility index (Phi) is 4.46. The summed E-state index contributed by atoms with van der Waals surface area (Å²) < 4.78 is 13.3. The summed E-state index contributed by atoms with van der Waals surface area (Å²) in [6, 6.07) is 10.5. The second kappa shape index (κ2) is 6.87. The van der Waals surface area contributed by atoms with Crippen LogP contribution in [0.25, 0.3) is 0 Å². The van der Waals surface area contributed by atoms with Crippen LogP contribution in [0, 0.1) is 23.6 Å². The first-order chi connectivity index (χ1) is 14.8. The first kappa shape index (κ1) is 20.2. The van der Waals surface area contributed by atoms with Gasteiger partial charge in [-0.3, -0.25) is 24.6 Å². The van der Waals surface area contributed by atoms with E-state index in [0.717, 1.165) is 0 Å². The summed E-state index contributed by atoms with van der Waals surface area (Å²) in [7, 11) is 0. The average molecular weight is 442 g/mol. The number of benzene rings is 2. The van der Waals surface area contributed by atoms with E-state index in [4.69, 9.17) is 11.6 Å². The minimum absolute atomic E-state index is 0.00503. The van der Waals surface area contributed by atoms with Crippen molar-refractivity contribution < 1.29 is 18.8 Å². The maximum Gasteiger partial charge on any atom is 0.250 e. The molecule has 2 N–H and O–H groups in total. The molecule has 0 unspecified atom stereocenters. The molecule has 2 saturated heterocycles. The van der Waals surface area contributed by atoms with E-state index < -0.39 is 23.3 Å². The quantitative estimate of drug-likeness (QED) is 0.717. The molecular formula is C23H21ClFN3O3. The molecule has 1 spiro atoms. The molecule has 8 heteroatoms. The number of fused-ring (bicyclic) bond motifs is 4. The molecular weight excluding hydrogens is 421 g/mol. The van der Waals surface area contributed by atoms with Crippen molar-refractivity contribution in [2.75, 3.05) is 5.32 Å². The number of nitrogens with one attached hydrogen (secondary N) is 2. The van der Waals surface area contributed by atoms with Gasteiger partial charge in [-0.25, -0.2) is 4.39 Å². The third kappa shape index (κ3) is 2.69. The molecule has 4 atom stereocenters. The highest BCUT2D eigenvalue weighted by molar-refractivity contribution is 6.35. The number of halogens is 2. The lowest BCUT2D eigenvalue weighted by Gasteiger charge is -2.30. The SMILES string of the molecule is CC(C)[C@@H]1N[C@@]2(C(=O)Nc3c(Cl)cccc32)[C@H]2C(=O)N(Cc3ccc(F)cc3)C(=O)[C@H]12. The molecule has 6 nitrogen and oxygen atoms in total. The van der Waals surface area contributed by atoms with Gasteiger partial charge in [-0.05, 0) is 29.7 Å². The summed E-state index contributed by atoms with van der Waals surface area (Å²) in [5.41, 5.74) is 0.352. The van der Waals surface area contributed by atoms with Gasteiger partial charge in [0.15, 0.2) is 0 Å². The zero-order valence-corrected chi connectivity index (χ0v) is 17.7. The van der Waals surface area contributed by atoms with Crippen LogP contribution in [0.3, 0.4) is 0 Å². The number of hydrogen-bond donors (Lipinski definition) is 2. The van der Waals surface area contributed by atoms with E-state index >= 15 is 0 Å². The second-order valence-corrected chi connectivity index (χ2v) is 9.14. The van der Waals surface area contributed by atoms with Crippen molar-refractivity contribution in [1.82, 2.24) is 10.2 Å². The Morgan fingerprint density at radius 3 is 2.48 bits per heavy atom. The van der Waals surface area contributed by atoms with E-state index in [1.165, 1.54) is 17.0 Å². The Hall–Kier alpha value is -2.77. The fourth-order valence-electron chi connectivity index (χ4n) is 5.29. The molecule has 160 valence electrons. The number of amides is 3. The zero-order chi connectivity index (χ0) is 22.1. The van der Waals surface area contributed by atoms with Crippen LogP contribution in [0.4, 0.5) is 10.1 Å². The molecule has 0 aliphatic carbocycles. The molecule has 0 radical (unpaired) electrons. The van der Waals surface area contributed by atoms with Gasteiger partial charge in [-0.1, -0.05) is 49.7 Å². The van der Waals surface area contributed by atoms with Gasteiger partial charge in [0, 0.05) is 11.6 Å². The monoisotopic (exact) mass is 441 g/mol.